The number of hydrogen-bond acceptors (Lipinski definition) is 5. The SMILES string of the molecule is COc1c(OC(C)C)cc2occ(-c3ccccc3)c(=O)c2c1OC(C)C. The van der Waals surface area contributed by atoms with E-state index in [0.29, 0.717) is 33.8 Å². The molecule has 0 amide bonds. The Balaban J connectivity index is 2.35. The van der Waals surface area contributed by atoms with Gasteiger partial charge in [-0.3, -0.25) is 4.79 Å². The molecule has 5 nitrogen and oxygen atoms in total. The molecule has 3 rings (SSSR count). The summed E-state index contributed by atoms with van der Waals surface area (Å²) in [5, 5.41) is 0.345. The maximum absolute atomic E-state index is 13.3. The highest BCUT2D eigenvalue weighted by atomic mass is 16.5. The van der Waals surface area contributed by atoms with E-state index in [4.69, 9.17) is 18.6 Å². The predicted molar refractivity (Wildman–Crippen MR) is 106 cm³/mol. The van der Waals surface area contributed by atoms with Crippen LogP contribution in [-0.4, -0.2) is 19.3 Å². The first-order valence-electron chi connectivity index (χ1n) is 8.97. The highest BCUT2D eigenvalue weighted by Crippen LogP contribution is 2.43. The molecule has 0 bridgehead atoms. The lowest BCUT2D eigenvalue weighted by molar-refractivity contribution is 0.210. The van der Waals surface area contributed by atoms with Gasteiger partial charge >= 0.3 is 0 Å². The van der Waals surface area contributed by atoms with Crippen molar-refractivity contribution < 1.29 is 18.6 Å². The van der Waals surface area contributed by atoms with E-state index >= 15 is 0 Å². The van der Waals surface area contributed by atoms with E-state index in [0.717, 1.165) is 5.56 Å². The summed E-state index contributed by atoms with van der Waals surface area (Å²) in [4.78, 5) is 13.3. The van der Waals surface area contributed by atoms with Crippen LogP contribution >= 0.6 is 0 Å². The average molecular weight is 368 g/mol. The van der Waals surface area contributed by atoms with Crippen LogP contribution in [0.3, 0.4) is 0 Å². The summed E-state index contributed by atoms with van der Waals surface area (Å²) < 4.78 is 23.2. The van der Waals surface area contributed by atoms with E-state index in [-0.39, 0.29) is 17.6 Å². The number of rotatable bonds is 6. The van der Waals surface area contributed by atoms with Crippen LogP contribution in [0.1, 0.15) is 27.7 Å². The maximum Gasteiger partial charge on any atom is 0.204 e. The zero-order chi connectivity index (χ0) is 19.6. The van der Waals surface area contributed by atoms with Crippen molar-refractivity contribution in [3.05, 3.63) is 52.9 Å². The van der Waals surface area contributed by atoms with Crippen LogP contribution in [-0.2, 0) is 0 Å². The second kappa shape index (κ2) is 7.74. The topological polar surface area (TPSA) is 57.9 Å². The molecule has 0 aliphatic carbocycles. The van der Waals surface area contributed by atoms with Crippen molar-refractivity contribution in [1.29, 1.82) is 0 Å². The van der Waals surface area contributed by atoms with Gasteiger partial charge in [-0.2, -0.15) is 0 Å². The van der Waals surface area contributed by atoms with E-state index in [2.05, 4.69) is 0 Å². The number of hydrogen-bond donors (Lipinski definition) is 0. The standard InChI is InChI=1S/C22H24O5/c1-13(2)26-18-11-17-19(22(21(18)24-5)27-14(3)4)20(23)16(12-25-17)15-9-7-6-8-10-15/h6-14H,1-5H3. The number of ether oxygens (including phenoxy) is 3. The fraction of sp³-hybridized carbons (Fsp3) is 0.318. The molecule has 2 aromatic carbocycles. The second-order valence-corrected chi connectivity index (χ2v) is 6.79. The first kappa shape index (κ1) is 18.8. The summed E-state index contributed by atoms with van der Waals surface area (Å²) in [5.74, 6) is 1.21. The van der Waals surface area contributed by atoms with Crippen molar-refractivity contribution in [2.75, 3.05) is 7.11 Å². The van der Waals surface area contributed by atoms with Crippen LogP contribution in [0.15, 0.2) is 51.9 Å². The number of methoxy groups -OCH3 is 1. The van der Waals surface area contributed by atoms with E-state index in [1.165, 1.54) is 13.4 Å². The Morgan fingerprint density at radius 1 is 0.926 bits per heavy atom. The Morgan fingerprint density at radius 3 is 2.19 bits per heavy atom. The van der Waals surface area contributed by atoms with Gasteiger partial charge in [-0.25, -0.2) is 0 Å². The Kier molecular flexibility index (Phi) is 5.40. The normalized spacial score (nSPS) is 11.2. The molecule has 0 radical (unpaired) electrons. The molecule has 0 atom stereocenters. The summed E-state index contributed by atoms with van der Waals surface area (Å²) in [7, 11) is 1.53. The molecule has 5 heteroatoms. The van der Waals surface area contributed by atoms with Gasteiger partial charge in [0.15, 0.2) is 11.5 Å². The van der Waals surface area contributed by atoms with Crippen molar-refractivity contribution in [1.82, 2.24) is 0 Å². The Labute approximate surface area is 158 Å². The molecule has 0 saturated heterocycles. The first-order chi connectivity index (χ1) is 12.9. The largest absolute Gasteiger partial charge is 0.490 e. The van der Waals surface area contributed by atoms with Gasteiger partial charge in [0, 0.05) is 6.07 Å². The zero-order valence-corrected chi connectivity index (χ0v) is 16.2. The van der Waals surface area contributed by atoms with E-state index in [1.807, 2.05) is 58.0 Å². The monoisotopic (exact) mass is 368 g/mol. The summed E-state index contributed by atoms with van der Waals surface area (Å²) in [5.41, 5.74) is 1.47. The second-order valence-electron chi connectivity index (χ2n) is 6.79. The quantitative estimate of drug-likeness (QED) is 0.610. The van der Waals surface area contributed by atoms with Gasteiger partial charge in [-0.1, -0.05) is 30.3 Å². The minimum Gasteiger partial charge on any atom is -0.490 e. The third-order valence-corrected chi connectivity index (χ3v) is 3.95. The van der Waals surface area contributed by atoms with E-state index in [9.17, 15) is 4.79 Å². The van der Waals surface area contributed by atoms with Gasteiger partial charge in [-0.15, -0.1) is 0 Å². The lowest BCUT2D eigenvalue weighted by atomic mass is 10.0. The maximum atomic E-state index is 13.3. The molecule has 1 aromatic heterocycles. The molecule has 0 spiro atoms. The lowest BCUT2D eigenvalue weighted by Gasteiger charge is -2.20. The number of fused-ring (bicyclic) bond motifs is 1. The zero-order valence-electron chi connectivity index (χ0n) is 16.2. The minimum atomic E-state index is -0.174. The molecular formula is C22H24O5. The van der Waals surface area contributed by atoms with Crippen molar-refractivity contribution in [2.24, 2.45) is 0 Å². The third kappa shape index (κ3) is 3.77. The third-order valence-electron chi connectivity index (χ3n) is 3.95. The van der Waals surface area contributed by atoms with Crippen LogP contribution < -0.4 is 19.6 Å². The Bertz CT molecular complexity index is 987. The highest BCUT2D eigenvalue weighted by Gasteiger charge is 2.23. The van der Waals surface area contributed by atoms with Crippen LogP contribution in [0.2, 0.25) is 0 Å². The lowest BCUT2D eigenvalue weighted by Crippen LogP contribution is -2.14. The fourth-order valence-electron chi connectivity index (χ4n) is 2.91. The van der Waals surface area contributed by atoms with Crippen LogP contribution in [0.4, 0.5) is 0 Å². The summed E-state index contributed by atoms with van der Waals surface area (Å²) in [6, 6.07) is 11.1. The van der Waals surface area contributed by atoms with Gasteiger partial charge in [0.1, 0.15) is 17.2 Å². The average Bonchev–Trinajstić information content (AvgIpc) is 2.61. The first-order valence-corrected chi connectivity index (χ1v) is 8.97. The molecule has 0 saturated carbocycles. The molecule has 0 N–H and O–H groups in total. The molecule has 3 aromatic rings. The van der Waals surface area contributed by atoms with Crippen LogP contribution in [0, 0.1) is 0 Å². The van der Waals surface area contributed by atoms with Gasteiger partial charge in [-0.05, 0) is 33.3 Å². The van der Waals surface area contributed by atoms with Crippen molar-refractivity contribution in [2.45, 2.75) is 39.9 Å². The van der Waals surface area contributed by atoms with Crippen LogP contribution in [0.25, 0.3) is 22.1 Å². The van der Waals surface area contributed by atoms with Crippen LogP contribution in [0.5, 0.6) is 17.2 Å². The highest BCUT2D eigenvalue weighted by molar-refractivity contribution is 5.91. The van der Waals surface area contributed by atoms with Gasteiger partial charge in [0.25, 0.3) is 0 Å². The summed E-state index contributed by atoms with van der Waals surface area (Å²) in [6.45, 7) is 7.62. The smallest absolute Gasteiger partial charge is 0.204 e. The molecular weight excluding hydrogens is 344 g/mol. The summed E-state index contributed by atoms with van der Waals surface area (Å²) >= 11 is 0. The van der Waals surface area contributed by atoms with Crippen molar-refractivity contribution in [3.8, 4) is 28.4 Å². The van der Waals surface area contributed by atoms with Crippen molar-refractivity contribution >= 4 is 11.0 Å². The minimum absolute atomic E-state index is 0.0708. The van der Waals surface area contributed by atoms with E-state index in [1.54, 1.807) is 6.07 Å². The van der Waals surface area contributed by atoms with Crippen molar-refractivity contribution in [3.63, 3.8) is 0 Å². The van der Waals surface area contributed by atoms with E-state index < -0.39 is 0 Å². The summed E-state index contributed by atoms with van der Waals surface area (Å²) in [6.07, 6.45) is 1.25. The molecule has 1 heterocycles. The Hall–Kier alpha value is -2.95. The predicted octanol–water partition coefficient (Wildman–Crippen LogP) is 5.04. The number of benzene rings is 2. The van der Waals surface area contributed by atoms with Gasteiger partial charge < -0.3 is 18.6 Å². The van der Waals surface area contributed by atoms with Gasteiger partial charge in [0.2, 0.25) is 11.2 Å². The van der Waals surface area contributed by atoms with Gasteiger partial charge in [0.05, 0.1) is 24.9 Å². The molecule has 0 aliphatic rings. The Morgan fingerprint density at radius 2 is 1.59 bits per heavy atom. The molecule has 0 aliphatic heterocycles. The molecule has 0 unspecified atom stereocenters. The molecule has 0 fully saturated rings. The fourth-order valence-corrected chi connectivity index (χ4v) is 2.91. The molecule has 142 valence electrons. The molecule has 27 heavy (non-hydrogen) atoms.